The van der Waals surface area contributed by atoms with E-state index >= 15 is 0 Å². The Kier molecular flexibility index (Phi) is 5.69. The molecule has 0 aliphatic carbocycles. The molecule has 0 fully saturated rings. The van der Waals surface area contributed by atoms with Crippen molar-refractivity contribution in [2.75, 3.05) is 13.7 Å². The zero-order valence-corrected chi connectivity index (χ0v) is 13.0. The van der Waals surface area contributed by atoms with Crippen LogP contribution in [0.3, 0.4) is 0 Å². The van der Waals surface area contributed by atoms with Crippen molar-refractivity contribution in [1.82, 2.24) is 20.2 Å². The van der Waals surface area contributed by atoms with Gasteiger partial charge in [-0.25, -0.2) is 5.43 Å². The molecule has 0 aliphatic rings. The molecule has 21 heavy (non-hydrogen) atoms. The average Bonchev–Trinajstić information content (AvgIpc) is 2.88. The quantitative estimate of drug-likeness (QED) is 0.601. The fourth-order valence-corrected chi connectivity index (χ4v) is 2.60. The van der Waals surface area contributed by atoms with E-state index in [4.69, 9.17) is 22.2 Å². The number of rotatable bonds is 7. The van der Waals surface area contributed by atoms with Gasteiger partial charge < -0.3 is 4.74 Å². The highest BCUT2D eigenvalue weighted by molar-refractivity contribution is 6.31. The summed E-state index contributed by atoms with van der Waals surface area (Å²) in [5.74, 6) is 5.78. The number of methoxy groups -OCH3 is 1. The normalized spacial score (nSPS) is 12.6. The largest absolute Gasteiger partial charge is 0.383 e. The molecule has 2 aromatic rings. The summed E-state index contributed by atoms with van der Waals surface area (Å²) in [5, 5.41) is 4.87. The first-order chi connectivity index (χ1) is 10.2. The molecule has 0 spiro atoms. The molecule has 0 saturated heterocycles. The van der Waals surface area contributed by atoms with Gasteiger partial charge in [0.2, 0.25) is 0 Å². The second kappa shape index (κ2) is 7.51. The van der Waals surface area contributed by atoms with Gasteiger partial charge in [-0.15, -0.1) is 0 Å². The van der Waals surface area contributed by atoms with Gasteiger partial charge in [0, 0.05) is 19.5 Å². The lowest BCUT2D eigenvalue weighted by molar-refractivity contribution is 0.182. The monoisotopic (exact) mass is 309 g/mol. The Bertz CT molecular complexity index is 586. The van der Waals surface area contributed by atoms with Gasteiger partial charge in [-0.1, -0.05) is 18.5 Å². The summed E-state index contributed by atoms with van der Waals surface area (Å²) in [6.07, 6.45) is 6.10. The number of nitrogens with two attached hydrogens (primary N) is 1. The SMILES string of the molecule is CCc1cnccc1C(NN)c1c(Cl)cnn1CCOC. The van der Waals surface area contributed by atoms with E-state index in [-0.39, 0.29) is 6.04 Å². The zero-order chi connectivity index (χ0) is 15.2. The molecule has 0 bridgehead atoms. The van der Waals surface area contributed by atoms with Crippen molar-refractivity contribution in [3.8, 4) is 0 Å². The Balaban J connectivity index is 2.44. The van der Waals surface area contributed by atoms with Crippen LogP contribution in [0, 0.1) is 0 Å². The second-order valence-corrected chi connectivity index (χ2v) is 5.03. The molecule has 0 amide bonds. The highest BCUT2D eigenvalue weighted by Crippen LogP contribution is 2.29. The van der Waals surface area contributed by atoms with Crippen LogP contribution in [0.25, 0.3) is 0 Å². The number of hydrogen-bond donors (Lipinski definition) is 2. The van der Waals surface area contributed by atoms with Gasteiger partial charge >= 0.3 is 0 Å². The molecule has 1 atom stereocenters. The van der Waals surface area contributed by atoms with Crippen molar-refractivity contribution < 1.29 is 4.74 Å². The molecule has 0 radical (unpaired) electrons. The van der Waals surface area contributed by atoms with Gasteiger partial charge in [0.15, 0.2) is 0 Å². The number of nitrogens with one attached hydrogen (secondary N) is 1. The van der Waals surface area contributed by atoms with Gasteiger partial charge in [0.05, 0.1) is 36.1 Å². The first-order valence-electron chi connectivity index (χ1n) is 6.82. The molecule has 2 aromatic heterocycles. The van der Waals surface area contributed by atoms with Crippen molar-refractivity contribution in [2.45, 2.75) is 25.9 Å². The van der Waals surface area contributed by atoms with Gasteiger partial charge in [-0.05, 0) is 23.6 Å². The van der Waals surface area contributed by atoms with Crippen LogP contribution in [-0.4, -0.2) is 28.5 Å². The molecule has 0 aliphatic heterocycles. The lowest BCUT2D eigenvalue weighted by atomic mass is 9.99. The lowest BCUT2D eigenvalue weighted by Gasteiger charge is -2.21. The Morgan fingerprint density at radius 1 is 1.48 bits per heavy atom. The summed E-state index contributed by atoms with van der Waals surface area (Å²) in [6.45, 7) is 3.25. The molecule has 6 nitrogen and oxygen atoms in total. The highest BCUT2D eigenvalue weighted by atomic mass is 35.5. The van der Waals surface area contributed by atoms with Crippen LogP contribution in [-0.2, 0) is 17.7 Å². The molecular formula is C14H20ClN5O. The molecule has 7 heteroatoms. The number of hydrazine groups is 1. The molecule has 2 heterocycles. The number of aromatic nitrogens is 3. The molecule has 2 rings (SSSR count). The molecule has 3 N–H and O–H groups in total. The van der Waals surface area contributed by atoms with E-state index in [9.17, 15) is 0 Å². The van der Waals surface area contributed by atoms with E-state index in [1.165, 1.54) is 0 Å². The summed E-state index contributed by atoms with van der Waals surface area (Å²) in [5.41, 5.74) is 5.84. The van der Waals surface area contributed by atoms with E-state index in [1.54, 1.807) is 19.5 Å². The van der Waals surface area contributed by atoms with Crippen LogP contribution in [0.2, 0.25) is 5.02 Å². The number of pyridine rings is 1. The van der Waals surface area contributed by atoms with Crippen LogP contribution in [0.15, 0.2) is 24.7 Å². The van der Waals surface area contributed by atoms with Crippen molar-refractivity contribution in [2.24, 2.45) is 5.84 Å². The number of ether oxygens (including phenoxy) is 1. The Hall–Kier alpha value is -1.47. The van der Waals surface area contributed by atoms with Crippen molar-refractivity contribution in [3.05, 3.63) is 46.5 Å². The lowest BCUT2D eigenvalue weighted by Crippen LogP contribution is -2.32. The van der Waals surface area contributed by atoms with Crippen LogP contribution < -0.4 is 11.3 Å². The van der Waals surface area contributed by atoms with Gasteiger partial charge in [-0.2, -0.15) is 5.10 Å². The Morgan fingerprint density at radius 2 is 2.29 bits per heavy atom. The maximum absolute atomic E-state index is 6.31. The van der Waals surface area contributed by atoms with E-state index in [0.717, 1.165) is 23.2 Å². The Labute approximate surface area is 129 Å². The van der Waals surface area contributed by atoms with E-state index < -0.39 is 0 Å². The number of halogens is 1. The van der Waals surface area contributed by atoms with E-state index in [0.29, 0.717) is 18.2 Å². The first kappa shape index (κ1) is 15.9. The predicted octanol–water partition coefficient (Wildman–Crippen LogP) is 1.69. The van der Waals surface area contributed by atoms with Crippen molar-refractivity contribution in [3.63, 3.8) is 0 Å². The van der Waals surface area contributed by atoms with E-state index in [1.807, 2.05) is 16.9 Å². The van der Waals surface area contributed by atoms with Crippen LogP contribution in [0.4, 0.5) is 0 Å². The maximum atomic E-state index is 6.31. The summed E-state index contributed by atoms with van der Waals surface area (Å²) in [6, 6.07) is 1.71. The minimum absolute atomic E-state index is 0.241. The van der Waals surface area contributed by atoms with Crippen molar-refractivity contribution >= 4 is 11.6 Å². The first-order valence-corrected chi connectivity index (χ1v) is 7.19. The number of nitrogens with zero attached hydrogens (tertiary/aromatic N) is 3. The van der Waals surface area contributed by atoms with Crippen molar-refractivity contribution in [1.29, 1.82) is 0 Å². The topological polar surface area (TPSA) is 78.0 Å². The predicted molar refractivity (Wildman–Crippen MR) is 81.9 cm³/mol. The van der Waals surface area contributed by atoms with E-state index in [2.05, 4.69) is 22.4 Å². The third-order valence-electron chi connectivity index (χ3n) is 3.41. The molecule has 0 saturated carbocycles. The smallest absolute Gasteiger partial charge is 0.0897 e. The molecule has 0 aromatic carbocycles. The van der Waals surface area contributed by atoms with Gasteiger partial charge in [-0.3, -0.25) is 15.5 Å². The summed E-state index contributed by atoms with van der Waals surface area (Å²) in [4.78, 5) is 4.16. The second-order valence-electron chi connectivity index (χ2n) is 4.62. The fraction of sp³-hybridized carbons (Fsp3) is 0.429. The highest BCUT2D eigenvalue weighted by Gasteiger charge is 2.23. The van der Waals surface area contributed by atoms with Crippen LogP contribution >= 0.6 is 11.6 Å². The zero-order valence-electron chi connectivity index (χ0n) is 12.2. The average molecular weight is 310 g/mol. The number of hydrogen-bond acceptors (Lipinski definition) is 5. The summed E-state index contributed by atoms with van der Waals surface area (Å²) in [7, 11) is 1.65. The Morgan fingerprint density at radius 3 is 2.95 bits per heavy atom. The van der Waals surface area contributed by atoms with Gasteiger partial charge in [0.25, 0.3) is 0 Å². The minimum atomic E-state index is -0.241. The minimum Gasteiger partial charge on any atom is -0.383 e. The third kappa shape index (κ3) is 3.41. The molecule has 114 valence electrons. The molecule has 1 unspecified atom stereocenters. The summed E-state index contributed by atoms with van der Waals surface area (Å²) < 4.78 is 6.92. The maximum Gasteiger partial charge on any atom is 0.0897 e. The number of aryl methyl sites for hydroxylation is 1. The fourth-order valence-electron chi connectivity index (χ4n) is 2.35. The summed E-state index contributed by atoms with van der Waals surface area (Å²) >= 11 is 6.31. The standard InChI is InChI=1S/C14H20ClN5O/c1-3-10-8-17-5-4-11(10)13(19-16)14-12(15)9-18-20(14)6-7-21-2/h4-5,8-9,13,19H,3,6-7,16H2,1-2H3. The molecular weight excluding hydrogens is 290 g/mol. The van der Waals surface area contributed by atoms with Gasteiger partial charge in [0.1, 0.15) is 0 Å². The van der Waals surface area contributed by atoms with Crippen LogP contribution in [0.5, 0.6) is 0 Å². The third-order valence-corrected chi connectivity index (χ3v) is 3.71. The van der Waals surface area contributed by atoms with Crippen LogP contribution in [0.1, 0.15) is 29.8 Å².